The van der Waals surface area contributed by atoms with Crippen LogP contribution in [0.1, 0.15) is 12.0 Å². The zero-order valence-electron chi connectivity index (χ0n) is 13.0. The molecule has 4 nitrogen and oxygen atoms in total. The van der Waals surface area contributed by atoms with Crippen molar-refractivity contribution in [1.29, 1.82) is 0 Å². The van der Waals surface area contributed by atoms with Crippen molar-refractivity contribution in [3.8, 4) is 0 Å². The number of thiazole rings is 1. The van der Waals surface area contributed by atoms with Gasteiger partial charge in [-0.25, -0.2) is 9.99 Å². The summed E-state index contributed by atoms with van der Waals surface area (Å²) in [4.78, 5) is 4.33. The van der Waals surface area contributed by atoms with Gasteiger partial charge < -0.3 is 5.11 Å². The Morgan fingerprint density at radius 2 is 1.81 bits per heavy atom. The molecule has 0 fully saturated rings. The monoisotopic (exact) mass is 397 g/mol. The summed E-state index contributed by atoms with van der Waals surface area (Å²) in [6.07, 6.45) is -5.35. The number of benzene rings is 2. The standard InChI is InChI=1S/C17H11ClF3N3OS/c18-11-7-5-10(6-8-11)16(25)9-14(17(19,20)21)23-24(16)15-22-12-3-1-2-4-13(12)26-15/h1-8,25H,9H2. The topological polar surface area (TPSA) is 48.7 Å². The molecule has 26 heavy (non-hydrogen) atoms. The lowest BCUT2D eigenvalue weighted by molar-refractivity contribution is -0.0626. The molecular weight excluding hydrogens is 387 g/mol. The fourth-order valence-corrected chi connectivity index (χ4v) is 3.91. The lowest BCUT2D eigenvalue weighted by Crippen LogP contribution is -2.40. The Labute approximate surface area is 155 Å². The highest BCUT2D eigenvalue weighted by atomic mass is 35.5. The van der Waals surface area contributed by atoms with Crippen LogP contribution >= 0.6 is 22.9 Å². The maximum Gasteiger partial charge on any atom is 0.431 e. The predicted octanol–water partition coefficient (Wildman–Crippen LogP) is 4.92. The molecule has 0 amide bonds. The molecule has 1 atom stereocenters. The first-order valence-corrected chi connectivity index (χ1v) is 8.76. The third-order valence-corrected chi connectivity index (χ3v) is 5.35. The number of nitrogens with zero attached hydrogens (tertiary/aromatic N) is 3. The fraction of sp³-hybridized carbons (Fsp3) is 0.176. The Hall–Kier alpha value is -2.16. The maximum absolute atomic E-state index is 13.3. The Balaban J connectivity index is 1.85. The second-order valence-corrected chi connectivity index (χ2v) is 7.27. The van der Waals surface area contributed by atoms with E-state index in [1.807, 2.05) is 12.1 Å². The molecule has 9 heteroatoms. The predicted molar refractivity (Wildman–Crippen MR) is 95.6 cm³/mol. The summed E-state index contributed by atoms with van der Waals surface area (Å²) < 4.78 is 40.6. The minimum atomic E-state index is -4.65. The Kier molecular flexibility index (Phi) is 3.94. The van der Waals surface area contributed by atoms with E-state index in [1.165, 1.54) is 24.3 Å². The number of hydrogen-bond donors (Lipinski definition) is 1. The minimum absolute atomic E-state index is 0.183. The van der Waals surface area contributed by atoms with E-state index in [9.17, 15) is 18.3 Å². The quantitative estimate of drug-likeness (QED) is 0.667. The largest absolute Gasteiger partial charge is 0.431 e. The van der Waals surface area contributed by atoms with Gasteiger partial charge in [-0.15, -0.1) is 0 Å². The van der Waals surface area contributed by atoms with Crippen LogP contribution in [0.2, 0.25) is 5.02 Å². The van der Waals surface area contributed by atoms with Gasteiger partial charge in [-0.2, -0.15) is 18.3 Å². The Morgan fingerprint density at radius 3 is 2.46 bits per heavy atom. The van der Waals surface area contributed by atoms with Gasteiger partial charge in [-0.05, 0) is 24.3 Å². The summed E-state index contributed by atoms with van der Waals surface area (Å²) in [5, 5.41) is 16.4. The SMILES string of the molecule is OC1(c2ccc(Cl)cc2)CC(C(F)(F)F)=NN1c1nc2ccccc2s1. The zero-order valence-corrected chi connectivity index (χ0v) is 14.6. The maximum atomic E-state index is 13.3. The average Bonchev–Trinajstić information content (AvgIpc) is 3.16. The number of hydrazone groups is 1. The molecule has 0 saturated heterocycles. The van der Waals surface area contributed by atoms with E-state index >= 15 is 0 Å². The van der Waals surface area contributed by atoms with Gasteiger partial charge >= 0.3 is 6.18 Å². The number of halogens is 4. The van der Waals surface area contributed by atoms with Crippen LogP contribution in [0.3, 0.4) is 0 Å². The van der Waals surface area contributed by atoms with E-state index < -0.39 is 24.0 Å². The third-order valence-electron chi connectivity index (χ3n) is 4.08. The Bertz CT molecular complexity index is 969. The minimum Gasteiger partial charge on any atom is -0.365 e. The van der Waals surface area contributed by atoms with Crippen molar-refractivity contribution in [2.75, 3.05) is 5.01 Å². The lowest BCUT2D eigenvalue weighted by Gasteiger charge is -2.31. The molecule has 0 saturated carbocycles. The van der Waals surface area contributed by atoms with E-state index in [1.54, 1.807) is 12.1 Å². The molecular formula is C17H11ClF3N3OS. The molecule has 3 aromatic rings. The second-order valence-electron chi connectivity index (χ2n) is 5.82. The van der Waals surface area contributed by atoms with Crippen LogP contribution in [0.15, 0.2) is 53.6 Å². The first-order valence-electron chi connectivity index (χ1n) is 7.56. The van der Waals surface area contributed by atoms with Gasteiger partial charge in [0.25, 0.3) is 0 Å². The molecule has 1 aliphatic rings. The molecule has 0 aliphatic carbocycles. The van der Waals surface area contributed by atoms with E-state index in [2.05, 4.69) is 10.1 Å². The second kappa shape index (κ2) is 5.94. The molecule has 4 rings (SSSR count). The number of hydrogen-bond acceptors (Lipinski definition) is 5. The number of anilines is 1. The summed E-state index contributed by atoms with van der Waals surface area (Å²) >= 11 is 7.02. The van der Waals surface area contributed by atoms with Gasteiger partial charge in [0.15, 0.2) is 5.72 Å². The smallest absolute Gasteiger partial charge is 0.365 e. The molecule has 0 radical (unpaired) electrons. The number of aliphatic hydroxyl groups is 1. The molecule has 0 spiro atoms. The number of rotatable bonds is 2. The average molecular weight is 398 g/mol. The molecule has 0 bridgehead atoms. The molecule has 134 valence electrons. The van der Waals surface area contributed by atoms with E-state index in [4.69, 9.17) is 11.6 Å². The van der Waals surface area contributed by atoms with Crippen molar-refractivity contribution in [3.63, 3.8) is 0 Å². The summed E-state index contributed by atoms with van der Waals surface area (Å²) in [6.45, 7) is 0. The van der Waals surface area contributed by atoms with Gasteiger partial charge in [0.2, 0.25) is 5.13 Å². The number of fused-ring (bicyclic) bond motifs is 1. The van der Waals surface area contributed by atoms with E-state index in [-0.39, 0.29) is 10.7 Å². The van der Waals surface area contributed by atoms with Crippen molar-refractivity contribution in [1.82, 2.24) is 4.98 Å². The van der Waals surface area contributed by atoms with Crippen molar-refractivity contribution in [2.24, 2.45) is 5.10 Å². The van der Waals surface area contributed by atoms with Crippen LogP contribution < -0.4 is 5.01 Å². The summed E-state index contributed by atoms with van der Waals surface area (Å²) in [5.74, 6) is 0. The van der Waals surface area contributed by atoms with Gasteiger partial charge in [-0.3, -0.25) is 0 Å². The molecule has 2 heterocycles. The number of alkyl halides is 3. The molecule has 1 aliphatic heterocycles. The summed E-state index contributed by atoms with van der Waals surface area (Å²) in [5.41, 5.74) is -2.18. The van der Waals surface area contributed by atoms with Crippen molar-refractivity contribution < 1.29 is 18.3 Å². The number of para-hydroxylation sites is 1. The normalized spacial score (nSPS) is 20.7. The van der Waals surface area contributed by atoms with E-state index in [0.29, 0.717) is 10.5 Å². The molecule has 1 unspecified atom stereocenters. The van der Waals surface area contributed by atoms with Crippen LogP contribution in [-0.4, -0.2) is 22.0 Å². The summed E-state index contributed by atoms with van der Waals surface area (Å²) in [7, 11) is 0. The Morgan fingerprint density at radius 1 is 1.12 bits per heavy atom. The van der Waals surface area contributed by atoms with Gasteiger partial charge in [0, 0.05) is 10.6 Å². The molecule has 1 N–H and O–H groups in total. The van der Waals surface area contributed by atoms with Crippen LogP contribution in [0, 0.1) is 0 Å². The van der Waals surface area contributed by atoms with Crippen LogP contribution in [0.4, 0.5) is 18.3 Å². The third kappa shape index (κ3) is 2.84. The molecule has 1 aromatic heterocycles. The fourth-order valence-electron chi connectivity index (χ4n) is 2.80. The highest BCUT2D eigenvalue weighted by Crippen LogP contribution is 2.44. The van der Waals surface area contributed by atoms with Gasteiger partial charge in [0.05, 0.1) is 16.6 Å². The van der Waals surface area contributed by atoms with Crippen LogP contribution in [-0.2, 0) is 5.72 Å². The van der Waals surface area contributed by atoms with Crippen molar-refractivity contribution in [2.45, 2.75) is 18.3 Å². The number of aromatic nitrogens is 1. The van der Waals surface area contributed by atoms with Crippen LogP contribution in [0.25, 0.3) is 10.2 Å². The van der Waals surface area contributed by atoms with Crippen LogP contribution in [0.5, 0.6) is 0 Å². The van der Waals surface area contributed by atoms with Crippen molar-refractivity contribution in [3.05, 3.63) is 59.1 Å². The highest BCUT2D eigenvalue weighted by Gasteiger charge is 2.52. The van der Waals surface area contributed by atoms with E-state index in [0.717, 1.165) is 21.0 Å². The van der Waals surface area contributed by atoms with Gasteiger partial charge in [0.1, 0.15) is 5.71 Å². The summed E-state index contributed by atoms with van der Waals surface area (Å²) in [6, 6.07) is 13.1. The first kappa shape index (κ1) is 17.3. The zero-order chi connectivity index (χ0) is 18.5. The van der Waals surface area contributed by atoms with Crippen molar-refractivity contribution >= 4 is 44.0 Å². The lowest BCUT2D eigenvalue weighted by atomic mass is 9.97. The first-order chi connectivity index (χ1) is 12.3. The van der Waals surface area contributed by atoms with Gasteiger partial charge in [-0.1, -0.05) is 47.2 Å². The highest BCUT2D eigenvalue weighted by molar-refractivity contribution is 7.22. The molecule has 2 aromatic carbocycles.